The first-order valence-electron chi connectivity index (χ1n) is 9.90. The molecule has 1 aliphatic rings. The fourth-order valence-electron chi connectivity index (χ4n) is 3.86. The number of hydrogen-bond donors (Lipinski definition) is 2. The van der Waals surface area contributed by atoms with Crippen molar-refractivity contribution >= 4 is 34.8 Å². The van der Waals surface area contributed by atoms with Gasteiger partial charge in [0.05, 0.1) is 10.7 Å². The van der Waals surface area contributed by atoms with Crippen molar-refractivity contribution in [3.63, 3.8) is 0 Å². The van der Waals surface area contributed by atoms with E-state index in [1.165, 1.54) is 25.7 Å². The molecule has 5 heteroatoms. The molecule has 2 amide bonds. The van der Waals surface area contributed by atoms with Crippen LogP contribution >= 0.6 is 11.6 Å². The molecular weight excluding hydrogens is 372 g/mol. The molecule has 2 N–H and O–H groups in total. The molecule has 0 aliphatic heterocycles. The number of nitrogens with one attached hydrogen (secondary N) is 2. The van der Waals surface area contributed by atoms with E-state index in [0.29, 0.717) is 28.6 Å². The summed E-state index contributed by atoms with van der Waals surface area (Å²) in [5, 5.41) is 6.20. The van der Waals surface area contributed by atoms with Crippen LogP contribution in [0.2, 0.25) is 5.02 Å². The van der Waals surface area contributed by atoms with E-state index in [9.17, 15) is 9.59 Å². The Labute approximate surface area is 171 Å². The van der Waals surface area contributed by atoms with E-state index in [2.05, 4.69) is 16.7 Å². The minimum Gasteiger partial charge on any atom is -0.325 e. The van der Waals surface area contributed by atoms with Gasteiger partial charge in [0, 0.05) is 17.7 Å². The molecule has 0 spiro atoms. The lowest BCUT2D eigenvalue weighted by Crippen LogP contribution is -2.15. The van der Waals surface area contributed by atoms with Gasteiger partial charge in [-0.3, -0.25) is 9.59 Å². The maximum absolute atomic E-state index is 12.6. The number of benzene rings is 2. The average molecular weight is 399 g/mol. The summed E-state index contributed by atoms with van der Waals surface area (Å²) in [7, 11) is 0. The van der Waals surface area contributed by atoms with E-state index in [1.54, 1.807) is 18.2 Å². The minimum atomic E-state index is -0.233. The summed E-state index contributed by atoms with van der Waals surface area (Å²) in [4.78, 5) is 24.9. The maximum atomic E-state index is 12.6. The largest absolute Gasteiger partial charge is 0.325 e. The zero-order valence-electron chi connectivity index (χ0n) is 16.5. The van der Waals surface area contributed by atoms with E-state index in [-0.39, 0.29) is 11.8 Å². The van der Waals surface area contributed by atoms with Gasteiger partial charge in [-0.2, -0.15) is 0 Å². The molecule has 0 bridgehead atoms. The molecule has 1 aliphatic carbocycles. The fraction of sp³-hybridized carbons (Fsp3) is 0.391. The van der Waals surface area contributed by atoms with Gasteiger partial charge in [0.1, 0.15) is 0 Å². The highest BCUT2D eigenvalue weighted by molar-refractivity contribution is 6.34. The quantitative estimate of drug-likeness (QED) is 0.615. The smallest absolute Gasteiger partial charge is 0.255 e. The summed E-state index contributed by atoms with van der Waals surface area (Å²) in [6.07, 6.45) is 6.39. The first-order valence-corrected chi connectivity index (χ1v) is 10.3. The van der Waals surface area contributed by atoms with Crippen molar-refractivity contribution in [2.75, 3.05) is 10.6 Å². The van der Waals surface area contributed by atoms with Crippen LogP contribution in [-0.2, 0) is 4.79 Å². The number of carbonyl (C=O) groups excluding carboxylic acids is 2. The highest BCUT2D eigenvalue weighted by Gasteiger charge is 2.17. The molecule has 3 rings (SSSR count). The normalized spacial score (nSPS) is 14.1. The fourth-order valence-corrected chi connectivity index (χ4v) is 4.02. The van der Waals surface area contributed by atoms with Gasteiger partial charge in [-0.05, 0) is 67.6 Å². The van der Waals surface area contributed by atoms with E-state index in [0.717, 1.165) is 23.2 Å². The van der Waals surface area contributed by atoms with Gasteiger partial charge in [-0.15, -0.1) is 0 Å². The second-order valence-electron chi connectivity index (χ2n) is 7.76. The Balaban J connectivity index is 1.64. The van der Waals surface area contributed by atoms with Crippen LogP contribution in [0.25, 0.3) is 0 Å². The van der Waals surface area contributed by atoms with Gasteiger partial charge >= 0.3 is 0 Å². The number of amides is 2. The number of rotatable bonds is 6. The maximum Gasteiger partial charge on any atom is 0.255 e. The lowest BCUT2D eigenvalue weighted by Gasteiger charge is -2.12. The van der Waals surface area contributed by atoms with E-state index >= 15 is 0 Å². The molecule has 1 fully saturated rings. The Morgan fingerprint density at radius 3 is 2.36 bits per heavy atom. The first kappa shape index (κ1) is 20.4. The molecule has 0 radical (unpaired) electrons. The Hall–Kier alpha value is -2.33. The number of anilines is 2. The van der Waals surface area contributed by atoms with Crippen LogP contribution in [0.4, 0.5) is 11.4 Å². The molecule has 0 atom stereocenters. The Kier molecular flexibility index (Phi) is 6.74. The van der Waals surface area contributed by atoms with Crippen LogP contribution in [0.1, 0.15) is 60.0 Å². The average Bonchev–Trinajstić information content (AvgIpc) is 3.14. The molecule has 0 heterocycles. The van der Waals surface area contributed by atoms with Gasteiger partial charge in [-0.25, -0.2) is 0 Å². The topological polar surface area (TPSA) is 58.2 Å². The highest BCUT2D eigenvalue weighted by atomic mass is 35.5. The van der Waals surface area contributed by atoms with Crippen LogP contribution in [0.15, 0.2) is 36.4 Å². The van der Waals surface area contributed by atoms with Crippen LogP contribution in [0.3, 0.4) is 0 Å². The molecular formula is C23H27ClN2O2. The van der Waals surface area contributed by atoms with Crippen molar-refractivity contribution in [2.45, 2.75) is 52.4 Å². The van der Waals surface area contributed by atoms with E-state index in [1.807, 2.05) is 26.0 Å². The van der Waals surface area contributed by atoms with E-state index < -0.39 is 0 Å². The zero-order valence-corrected chi connectivity index (χ0v) is 17.2. The Morgan fingerprint density at radius 2 is 1.68 bits per heavy atom. The third-order valence-corrected chi connectivity index (χ3v) is 5.57. The molecule has 2 aromatic carbocycles. The Bertz CT molecular complexity index is 853. The van der Waals surface area contributed by atoms with Crippen LogP contribution < -0.4 is 10.6 Å². The summed E-state index contributed by atoms with van der Waals surface area (Å²) >= 11 is 6.23. The molecule has 2 aromatic rings. The lowest BCUT2D eigenvalue weighted by atomic mass is 10.0. The van der Waals surface area contributed by atoms with Gasteiger partial charge in [0.25, 0.3) is 5.91 Å². The monoisotopic (exact) mass is 398 g/mol. The van der Waals surface area contributed by atoms with Crippen molar-refractivity contribution in [1.82, 2.24) is 0 Å². The van der Waals surface area contributed by atoms with Gasteiger partial charge in [-0.1, -0.05) is 43.4 Å². The van der Waals surface area contributed by atoms with E-state index in [4.69, 9.17) is 11.6 Å². The summed E-state index contributed by atoms with van der Waals surface area (Å²) in [5.74, 6) is 0.375. The number of halogens is 1. The highest BCUT2D eigenvalue weighted by Crippen LogP contribution is 2.29. The SMILES string of the molecule is Cc1cc(C)cc(NC(=O)c2ccc(Cl)c(NC(=O)CCC3CCCC3)c2)c1. The van der Waals surface area contributed by atoms with Crippen molar-refractivity contribution < 1.29 is 9.59 Å². The van der Waals surface area contributed by atoms with Crippen molar-refractivity contribution in [3.8, 4) is 0 Å². The second kappa shape index (κ2) is 9.24. The van der Waals surface area contributed by atoms with Crippen molar-refractivity contribution in [1.29, 1.82) is 0 Å². The molecule has 0 aromatic heterocycles. The summed E-state index contributed by atoms with van der Waals surface area (Å²) in [6, 6.07) is 10.8. The van der Waals surface area contributed by atoms with Gasteiger partial charge < -0.3 is 10.6 Å². The minimum absolute atomic E-state index is 0.0549. The molecule has 0 saturated heterocycles. The summed E-state index contributed by atoms with van der Waals surface area (Å²) < 4.78 is 0. The van der Waals surface area contributed by atoms with Gasteiger partial charge in [0.2, 0.25) is 5.91 Å². The summed E-state index contributed by atoms with van der Waals surface area (Å²) in [6.45, 7) is 3.98. The van der Waals surface area contributed by atoms with Gasteiger partial charge in [0.15, 0.2) is 0 Å². The third-order valence-electron chi connectivity index (χ3n) is 5.24. The number of carbonyl (C=O) groups is 2. The van der Waals surface area contributed by atoms with Crippen LogP contribution in [-0.4, -0.2) is 11.8 Å². The second-order valence-corrected chi connectivity index (χ2v) is 8.17. The predicted molar refractivity (Wildman–Crippen MR) is 115 cm³/mol. The standard InChI is InChI=1S/C23H27ClN2O2/c1-15-11-16(2)13-19(12-15)25-23(28)18-8-9-20(24)21(14-18)26-22(27)10-7-17-5-3-4-6-17/h8-9,11-14,17H,3-7,10H2,1-2H3,(H,25,28)(H,26,27). The zero-order chi connectivity index (χ0) is 20.1. The lowest BCUT2D eigenvalue weighted by molar-refractivity contribution is -0.116. The third kappa shape index (κ3) is 5.59. The summed E-state index contributed by atoms with van der Waals surface area (Å²) in [5.41, 5.74) is 3.85. The van der Waals surface area contributed by atoms with Crippen LogP contribution in [0.5, 0.6) is 0 Å². The molecule has 4 nitrogen and oxygen atoms in total. The molecule has 1 saturated carbocycles. The van der Waals surface area contributed by atoms with Crippen molar-refractivity contribution in [3.05, 3.63) is 58.1 Å². The number of aryl methyl sites for hydroxylation is 2. The predicted octanol–water partition coefficient (Wildman–Crippen LogP) is 6.12. The molecule has 28 heavy (non-hydrogen) atoms. The van der Waals surface area contributed by atoms with Crippen LogP contribution in [0, 0.1) is 19.8 Å². The number of hydrogen-bond acceptors (Lipinski definition) is 2. The molecule has 148 valence electrons. The molecule has 0 unspecified atom stereocenters. The van der Waals surface area contributed by atoms with Crippen molar-refractivity contribution in [2.24, 2.45) is 5.92 Å². The Morgan fingerprint density at radius 1 is 1.00 bits per heavy atom. The first-order chi connectivity index (χ1) is 13.4.